The molecule has 0 aliphatic rings. The average molecular weight is 457 g/mol. The number of ether oxygens (including phenoxy) is 1. The highest BCUT2D eigenvalue weighted by Gasteiger charge is 2.15. The molecule has 2 aromatic heterocycles. The molecule has 0 aliphatic carbocycles. The highest BCUT2D eigenvalue weighted by molar-refractivity contribution is 9.10. The van der Waals surface area contributed by atoms with Gasteiger partial charge < -0.3 is 9.64 Å². The van der Waals surface area contributed by atoms with Crippen molar-refractivity contribution in [3.63, 3.8) is 0 Å². The highest BCUT2D eigenvalue weighted by Crippen LogP contribution is 2.32. The number of benzene rings is 1. The number of halogens is 3. The van der Waals surface area contributed by atoms with E-state index in [0.29, 0.717) is 32.7 Å². The quantitative estimate of drug-likeness (QED) is 0.536. The van der Waals surface area contributed by atoms with E-state index in [2.05, 4.69) is 20.9 Å². The predicted octanol–water partition coefficient (Wildman–Crippen LogP) is 5.27. The van der Waals surface area contributed by atoms with E-state index >= 15 is 0 Å². The van der Waals surface area contributed by atoms with E-state index in [9.17, 15) is 4.79 Å². The molecule has 0 aliphatic heterocycles. The van der Waals surface area contributed by atoms with Gasteiger partial charge in [0.2, 0.25) is 5.91 Å². The van der Waals surface area contributed by atoms with Gasteiger partial charge in [0.05, 0.1) is 15.7 Å². The van der Waals surface area contributed by atoms with Gasteiger partial charge in [0.1, 0.15) is 11.2 Å². The first-order valence-corrected chi connectivity index (χ1v) is 9.32. The van der Waals surface area contributed by atoms with Gasteiger partial charge in [0, 0.05) is 31.4 Å². The summed E-state index contributed by atoms with van der Waals surface area (Å²) in [6, 6.07) is 7.12. The third-order valence-corrected chi connectivity index (χ3v) is 5.70. The Balaban J connectivity index is 1.89. The van der Waals surface area contributed by atoms with Crippen LogP contribution in [0.2, 0.25) is 10.0 Å². The Morgan fingerprint density at radius 3 is 2.62 bits per heavy atom. The number of hydrogen-bond donors (Lipinski definition) is 0. The number of anilines is 1. The predicted molar refractivity (Wildman–Crippen MR) is 108 cm³/mol. The van der Waals surface area contributed by atoms with Crippen molar-refractivity contribution in [2.45, 2.75) is 20.5 Å². The van der Waals surface area contributed by atoms with E-state index in [4.69, 9.17) is 27.9 Å². The van der Waals surface area contributed by atoms with Crippen LogP contribution in [0.3, 0.4) is 0 Å². The molecule has 0 spiro atoms. The van der Waals surface area contributed by atoms with Crippen molar-refractivity contribution in [1.82, 2.24) is 9.38 Å². The van der Waals surface area contributed by atoms with Crippen LogP contribution in [-0.4, -0.2) is 22.3 Å². The minimum Gasteiger partial charge on any atom is -0.485 e. The molecule has 1 aromatic carbocycles. The molecule has 26 heavy (non-hydrogen) atoms. The van der Waals surface area contributed by atoms with E-state index in [1.807, 2.05) is 29.7 Å². The van der Waals surface area contributed by atoms with Crippen molar-refractivity contribution in [3.8, 4) is 5.75 Å². The SMILES string of the molecule is CC(=O)N(C)c1cc(Cl)c(COc2cccn3c(Br)c(C)nc23)c(Cl)c1. The van der Waals surface area contributed by atoms with Gasteiger partial charge in [-0.1, -0.05) is 23.2 Å². The van der Waals surface area contributed by atoms with Crippen LogP contribution >= 0.6 is 39.1 Å². The minimum atomic E-state index is -0.104. The molecule has 0 atom stereocenters. The summed E-state index contributed by atoms with van der Waals surface area (Å²) in [5.74, 6) is 0.520. The third kappa shape index (κ3) is 3.54. The van der Waals surface area contributed by atoms with Gasteiger partial charge in [-0.2, -0.15) is 0 Å². The number of fused-ring (bicyclic) bond motifs is 1. The first kappa shape index (κ1) is 19.0. The number of pyridine rings is 1. The molecule has 3 rings (SSSR count). The second-order valence-corrected chi connectivity index (χ2v) is 7.37. The van der Waals surface area contributed by atoms with Crippen LogP contribution in [0.25, 0.3) is 5.65 Å². The summed E-state index contributed by atoms with van der Waals surface area (Å²) < 4.78 is 8.71. The van der Waals surface area contributed by atoms with Crippen molar-refractivity contribution in [1.29, 1.82) is 0 Å². The first-order chi connectivity index (χ1) is 12.3. The van der Waals surface area contributed by atoms with Gasteiger partial charge in [-0.25, -0.2) is 4.98 Å². The van der Waals surface area contributed by atoms with Crippen LogP contribution < -0.4 is 9.64 Å². The fourth-order valence-electron chi connectivity index (χ4n) is 2.49. The molecule has 0 saturated heterocycles. The maximum Gasteiger partial charge on any atom is 0.223 e. The van der Waals surface area contributed by atoms with Crippen LogP contribution in [-0.2, 0) is 11.4 Å². The van der Waals surface area contributed by atoms with Crippen molar-refractivity contribution in [2.24, 2.45) is 0 Å². The lowest BCUT2D eigenvalue weighted by molar-refractivity contribution is -0.116. The van der Waals surface area contributed by atoms with Gasteiger partial charge in [0.15, 0.2) is 11.4 Å². The third-order valence-electron chi connectivity index (χ3n) is 4.07. The van der Waals surface area contributed by atoms with Crippen molar-refractivity contribution >= 4 is 56.4 Å². The zero-order chi connectivity index (χ0) is 19.0. The Hall–Kier alpha value is -1.76. The molecule has 0 bridgehead atoms. The van der Waals surface area contributed by atoms with Crippen LogP contribution in [0, 0.1) is 6.92 Å². The number of hydrogen-bond acceptors (Lipinski definition) is 3. The molecule has 0 N–H and O–H groups in total. The standard InChI is InChI=1S/C18H16BrCl2N3O2/c1-10-17(19)24-6-4-5-16(18(24)22-10)26-9-13-14(20)7-12(8-15(13)21)23(3)11(2)25/h4-8H,9H2,1-3H3. The lowest BCUT2D eigenvalue weighted by atomic mass is 10.2. The van der Waals surface area contributed by atoms with Crippen LogP contribution in [0.4, 0.5) is 5.69 Å². The largest absolute Gasteiger partial charge is 0.485 e. The minimum absolute atomic E-state index is 0.104. The molecular formula is C18H16BrCl2N3O2. The lowest BCUT2D eigenvalue weighted by Gasteiger charge is -2.18. The first-order valence-electron chi connectivity index (χ1n) is 7.77. The fraction of sp³-hybridized carbons (Fsp3) is 0.222. The summed E-state index contributed by atoms with van der Waals surface area (Å²) in [6.45, 7) is 3.58. The zero-order valence-electron chi connectivity index (χ0n) is 14.4. The van der Waals surface area contributed by atoms with E-state index in [1.54, 1.807) is 19.2 Å². The number of carbonyl (C=O) groups excluding carboxylic acids is 1. The summed E-state index contributed by atoms with van der Waals surface area (Å²) >= 11 is 16.2. The van der Waals surface area contributed by atoms with E-state index in [-0.39, 0.29) is 12.5 Å². The molecule has 0 saturated carbocycles. The lowest BCUT2D eigenvalue weighted by Crippen LogP contribution is -2.22. The van der Waals surface area contributed by atoms with E-state index < -0.39 is 0 Å². The number of amides is 1. The molecule has 0 unspecified atom stereocenters. The van der Waals surface area contributed by atoms with Gasteiger partial charge in [-0.3, -0.25) is 9.20 Å². The Morgan fingerprint density at radius 1 is 1.35 bits per heavy atom. The van der Waals surface area contributed by atoms with Gasteiger partial charge >= 0.3 is 0 Å². The van der Waals surface area contributed by atoms with Crippen LogP contribution in [0.15, 0.2) is 35.1 Å². The highest BCUT2D eigenvalue weighted by atomic mass is 79.9. The Morgan fingerprint density at radius 2 is 2.00 bits per heavy atom. The van der Waals surface area contributed by atoms with Crippen molar-refractivity contribution in [3.05, 3.63) is 56.4 Å². The van der Waals surface area contributed by atoms with Crippen LogP contribution in [0.1, 0.15) is 18.2 Å². The molecular weight excluding hydrogens is 441 g/mol. The molecule has 5 nitrogen and oxygen atoms in total. The summed E-state index contributed by atoms with van der Waals surface area (Å²) in [6.07, 6.45) is 1.90. The van der Waals surface area contributed by atoms with Crippen molar-refractivity contribution in [2.75, 3.05) is 11.9 Å². The smallest absolute Gasteiger partial charge is 0.223 e. The maximum atomic E-state index is 11.5. The monoisotopic (exact) mass is 455 g/mol. The second-order valence-electron chi connectivity index (χ2n) is 5.81. The topological polar surface area (TPSA) is 46.8 Å². The number of carbonyl (C=O) groups is 1. The summed E-state index contributed by atoms with van der Waals surface area (Å²) in [7, 11) is 1.67. The Labute approximate surface area is 169 Å². The van der Waals surface area contributed by atoms with Gasteiger partial charge in [-0.05, 0) is 47.1 Å². The van der Waals surface area contributed by atoms with Gasteiger partial charge in [-0.15, -0.1) is 0 Å². The molecule has 136 valence electrons. The molecule has 2 heterocycles. The fourth-order valence-corrected chi connectivity index (χ4v) is 3.45. The molecule has 3 aromatic rings. The average Bonchev–Trinajstić information content (AvgIpc) is 2.88. The number of imidazole rings is 1. The van der Waals surface area contributed by atoms with Gasteiger partial charge in [0.25, 0.3) is 0 Å². The van der Waals surface area contributed by atoms with Crippen molar-refractivity contribution < 1.29 is 9.53 Å². The Bertz CT molecular complexity index is 981. The number of aryl methyl sites for hydroxylation is 1. The maximum absolute atomic E-state index is 11.5. The second kappa shape index (κ2) is 7.47. The summed E-state index contributed by atoms with van der Waals surface area (Å²) in [5.41, 5.74) is 2.86. The molecule has 0 fully saturated rings. The van der Waals surface area contributed by atoms with E-state index in [0.717, 1.165) is 10.3 Å². The number of nitrogens with zero attached hydrogens (tertiary/aromatic N) is 3. The molecule has 1 amide bonds. The Kier molecular flexibility index (Phi) is 5.46. The van der Waals surface area contributed by atoms with Crippen LogP contribution in [0.5, 0.6) is 5.75 Å². The molecule has 8 heteroatoms. The number of aromatic nitrogens is 2. The molecule has 0 radical (unpaired) electrons. The normalized spacial score (nSPS) is 11.0. The number of rotatable bonds is 4. The summed E-state index contributed by atoms with van der Waals surface area (Å²) in [5, 5.41) is 0.876. The summed E-state index contributed by atoms with van der Waals surface area (Å²) in [4.78, 5) is 17.5. The van der Waals surface area contributed by atoms with E-state index in [1.165, 1.54) is 11.8 Å². The zero-order valence-corrected chi connectivity index (χ0v) is 17.5.